The van der Waals surface area contributed by atoms with Gasteiger partial charge in [0.05, 0.1) is 12.6 Å². The summed E-state index contributed by atoms with van der Waals surface area (Å²) in [6.07, 6.45) is 6.32. The van der Waals surface area contributed by atoms with Gasteiger partial charge in [-0.1, -0.05) is 31.4 Å². The SMILES string of the molecule is CNC(COCC1CCCCC1)c1cccc(F)c1F. The van der Waals surface area contributed by atoms with E-state index in [4.69, 9.17) is 4.74 Å². The molecule has 20 heavy (non-hydrogen) atoms. The Morgan fingerprint density at radius 2 is 2.00 bits per heavy atom. The zero-order valence-corrected chi connectivity index (χ0v) is 12.0. The van der Waals surface area contributed by atoms with Gasteiger partial charge in [0.15, 0.2) is 11.6 Å². The lowest BCUT2D eigenvalue weighted by molar-refractivity contribution is 0.0700. The fourth-order valence-electron chi connectivity index (χ4n) is 2.82. The van der Waals surface area contributed by atoms with Crippen molar-refractivity contribution in [2.24, 2.45) is 5.92 Å². The minimum atomic E-state index is -0.810. The Kier molecular flexibility index (Phi) is 5.92. The van der Waals surface area contributed by atoms with Crippen LogP contribution in [0.2, 0.25) is 0 Å². The van der Waals surface area contributed by atoms with Gasteiger partial charge in [-0.15, -0.1) is 0 Å². The van der Waals surface area contributed by atoms with Crippen molar-refractivity contribution in [3.05, 3.63) is 35.4 Å². The van der Waals surface area contributed by atoms with Gasteiger partial charge >= 0.3 is 0 Å². The maximum Gasteiger partial charge on any atom is 0.163 e. The summed E-state index contributed by atoms with van der Waals surface area (Å²) in [4.78, 5) is 0. The van der Waals surface area contributed by atoms with Gasteiger partial charge in [-0.3, -0.25) is 0 Å². The molecule has 0 aliphatic heterocycles. The normalized spacial score (nSPS) is 18.1. The molecule has 0 saturated heterocycles. The van der Waals surface area contributed by atoms with Gasteiger partial charge < -0.3 is 10.1 Å². The first kappa shape index (κ1) is 15.4. The third kappa shape index (κ3) is 4.00. The highest BCUT2D eigenvalue weighted by Crippen LogP contribution is 2.25. The number of rotatable bonds is 6. The van der Waals surface area contributed by atoms with Gasteiger partial charge in [0, 0.05) is 12.2 Å². The minimum Gasteiger partial charge on any atom is -0.379 e. The number of ether oxygens (including phenoxy) is 1. The fraction of sp³-hybridized carbons (Fsp3) is 0.625. The van der Waals surface area contributed by atoms with Gasteiger partial charge in [-0.25, -0.2) is 8.78 Å². The van der Waals surface area contributed by atoms with Crippen LogP contribution in [0, 0.1) is 17.6 Å². The molecule has 0 spiro atoms. The second-order valence-electron chi connectivity index (χ2n) is 5.53. The van der Waals surface area contributed by atoms with E-state index >= 15 is 0 Å². The van der Waals surface area contributed by atoms with Crippen LogP contribution in [0.3, 0.4) is 0 Å². The van der Waals surface area contributed by atoms with Gasteiger partial charge in [0.1, 0.15) is 0 Å². The standard InChI is InChI=1S/C16H23F2NO/c1-19-15(13-8-5-9-14(17)16(13)18)11-20-10-12-6-3-2-4-7-12/h5,8-9,12,15,19H,2-4,6-7,10-11H2,1H3. The summed E-state index contributed by atoms with van der Waals surface area (Å²) in [7, 11) is 1.74. The van der Waals surface area contributed by atoms with Crippen LogP contribution in [-0.4, -0.2) is 20.3 Å². The van der Waals surface area contributed by atoms with Crippen molar-refractivity contribution in [1.29, 1.82) is 0 Å². The van der Waals surface area contributed by atoms with E-state index in [1.165, 1.54) is 38.2 Å². The molecule has 4 heteroatoms. The van der Waals surface area contributed by atoms with Crippen LogP contribution in [0.1, 0.15) is 43.7 Å². The maximum absolute atomic E-state index is 13.8. The molecule has 1 aromatic rings. The molecule has 1 aliphatic carbocycles. The van der Waals surface area contributed by atoms with Gasteiger partial charge in [-0.05, 0) is 31.9 Å². The van der Waals surface area contributed by atoms with Crippen LogP contribution in [-0.2, 0) is 4.74 Å². The van der Waals surface area contributed by atoms with Crippen LogP contribution in [0.5, 0.6) is 0 Å². The lowest BCUT2D eigenvalue weighted by atomic mass is 9.90. The summed E-state index contributed by atoms with van der Waals surface area (Å²) in [5, 5.41) is 2.99. The van der Waals surface area contributed by atoms with Gasteiger partial charge in [0.2, 0.25) is 0 Å². The topological polar surface area (TPSA) is 21.3 Å². The molecule has 1 fully saturated rings. The van der Waals surface area contributed by atoms with E-state index in [1.54, 1.807) is 13.1 Å². The van der Waals surface area contributed by atoms with E-state index in [1.807, 2.05) is 0 Å². The fourth-order valence-corrected chi connectivity index (χ4v) is 2.82. The van der Waals surface area contributed by atoms with E-state index in [2.05, 4.69) is 5.32 Å². The van der Waals surface area contributed by atoms with Crippen LogP contribution in [0.25, 0.3) is 0 Å². The Hall–Kier alpha value is -1.00. The van der Waals surface area contributed by atoms with Crippen molar-refractivity contribution in [3.63, 3.8) is 0 Å². The molecule has 0 heterocycles. The molecule has 0 amide bonds. The predicted molar refractivity (Wildman–Crippen MR) is 75.6 cm³/mol. The predicted octanol–water partition coefficient (Wildman–Crippen LogP) is 3.82. The molecule has 2 rings (SSSR count). The van der Waals surface area contributed by atoms with Crippen molar-refractivity contribution in [1.82, 2.24) is 5.32 Å². The smallest absolute Gasteiger partial charge is 0.163 e. The average molecular weight is 283 g/mol. The van der Waals surface area contributed by atoms with Crippen LogP contribution >= 0.6 is 0 Å². The molecule has 0 radical (unpaired) electrons. The summed E-state index contributed by atoms with van der Waals surface area (Å²) in [5.74, 6) is -0.971. The lowest BCUT2D eigenvalue weighted by Gasteiger charge is -2.23. The third-order valence-electron chi connectivity index (χ3n) is 4.07. The van der Waals surface area contributed by atoms with E-state index in [-0.39, 0.29) is 6.04 Å². The first-order valence-electron chi connectivity index (χ1n) is 7.41. The van der Waals surface area contributed by atoms with E-state index in [0.717, 1.165) is 12.7 Å². The second kappa shape index (κ2) is 7.70. The summed E-state index contributed by atoms with van der Waals surface area (Å²) in [5.41, 5.74) is 0.330. The quantitative estimate of drug-likeness (QED) is 0.857. The third-order valence-corrected chi connectivity index (χ3v) is 4.07. The molecular formula is C16H23F2NO. The number of likely N-dealkylation sites (N-methyl/N-ethyl adjacent to an activating group) is 1. The Labute approximate surface area is 119 Å². The van der Waals surface area contributed by atoms with Crippen molar-refractivity contribution in [3.8, 4) is 0 Å². The maximum atomic E-state index is 13.8. The van der Waals surface area contributed by atoms with E-state index in [0.29, 0.717) is 18.1 Å². The van der Waals surface area contributed by atoms with Gasteiger partial charge in [0.25, 0.3) is 0 Å². The van der Waals surface area contributed by atoms with Crippen LogP contribution in [0.4, 0.5) is 8.78 Å². The molecule has 1 saturated carbocycles. The number of nitrogens with one attached hydrogen (secondary N) is 1. The van der Waals surface area contributed by atoms with Crippen molar-refractivity contribution >= 4 is 0 Å². The highest BCUT2D eigenvalue weighted by molar-refractivity contribution is 5.22. The zero-order chi connectivity index (χ0) is 14.4. The number of halogens is 2. The average Bonchev–Trinajstić information content (AvgIpc) is 2.48. The Morgan fingerprint density at radius 3 is 2.70 bits per heavy atom. The largest absolute Gasteiger partial charge is 0.379 e. The van der Waals surface area contributed by atoms with E-state index in [9.17, 15) is 8.78 Å². The molecule has 1 aromatic carbocycles. The van der Waals surface area contributed by atoms with E-state index < -0.39 is 11.6 Å². The zero-order valence-electron chi connectivity index (χ0n) is 12.0. The Bertz CT molecular complexity index is 419. The molecular weight excluding hydrogens is 260 g/mol. The number of hydrogen-bond acceptors (Lipinski definition) is 2. The highest BCUT2D eigenvalue weighted by Gasteiger charge is 2.18. The monoisotopic (exact) mass is 283 g/mol. The Balaban J connectivity index is 1.87. The number of hydrogen-bond donors (Lipinski definition) is 1. The number of benzene rings is 1. The highest BCUT2D eigenvalue weighted by atomic mass is 19.2. The summed E-state index contributed by atoms with van der Waals surface area (Å²) in [6.45, 7) is 1.09. The summed E-state index contributed by atoms with van der Waals surface area (Å²) >= 11 is 0. The molecule has 0 aromatic heterocycles. The first-order chi connectivity index (χ1) is 9.72. The molecule has 112 valence electrons. The van der Waals surface area contributed by atoms with Crippen molar-refractivity contribution in [2.75, 3.05) is 20.3 Å². The molecule has 1 N–H and O–H groups in total. The minimum absolute atomic E-state index is 0.311. The van der Waals surface area contributed by atoms with Crippen molar-refractivity contribution < 1.29 is 13.5 Å². The second-order valence-corrected chi connectivity index (χ2v) is 5.53. The molecule has 1 atom stereocenters. The van der Waals surface area contributed by atoms with Crippen molar-refractivity contribution in [2.45, 2.75) is 38.1 Å². The first-order valence-corrected chi connectivity index (χ1v) is 7.41. The van der Waals surface area contributed by atoms with Crippen LogP contribution < -0.4 is 5.32 Å². The summed E-state index contributed by atoms with van der Waals surface area (Å²) < 4.78 is 32.7. The molecule has 2 nitrogen and oxygen atoms in total. The van der Waals surface area contributed by atoms with Crippen LogP contribution in [0.15, 0.2) is 18.2 Å². The molecule has 0 bridgehead atoms. The Morgan fingerprint density at radius 1 is 1.25 bits per heavy atom. The lowest BCUT2D eigenvalue weighted by Crippen LogP contribution is -2.25. The molecule has 1 unspecified atom stereocenters. The van der Waals surface area contributed by atoms with Gasteiger partial charge in [-0.2, -0.15) is 0 Å². The summed E-state index contributed by atoms with van der Waals surface area (Å²) in [6, 6.07) is 3.95. The molecule has 1 aliphatic rings.